The fraction of sp³-hybridized carbons (Fsp3) is 0.500. The van der Waals surface area contributed by atoms with Crippen LogP contribution in [0.4, 0.5) is 0 Å². The van der Waals surface area contributed by atoms with E-state index in [0.717, 1.165) is 31.1 Å². The molecule has 0 saturated heterocycles. The molecule has 0 atom stereocenters. The highest BCUT2D eigenvalue weighted by atomic mass is 16.5. The predicted octanol–water partition coefficient (Wildman–Crippen LogP) is 2.59. The smallest absolute Gasteiger partial charge is 0.161 e. The highest BCUT2D eigenvalue weighted by Gasteiger charge is 2.11. The molecule has 1 heterocycles. The quantitative estimate of drug-likeness (QED) is 0.653. The van der Waals surface area contributed by atoms with Crippen LogP contribution in [0.2, 0.25) is 0 Å². The second-order valence-electron chi connectivity index (χ2n) is 3.91. The zero-order valence-corrected chi connectivity index (χ0v) is 9.32. The zero-order valence-electron chi connectivity index (χ0n) is 9.32. The third-order valence-electron chi connectivity index (χ3n) is 2.44. The third-order valence-corrected chi connectivity index (χ3v) is 2.44. The van der Waals surface area contributed by atoms with Gasteiger partial charge in [0.2, 0.25) is 0 Å². The van der Waals surface area contributed by atoms with Crippen molar-refractivity contribution in [2.75, 3.05) is 13.2 Å². The van der Waals surface area contributed by atoms with Gasteiger partial charge in [0.05, 0.1) is 13.2 Å². The Kier molecular flexibility index (Phi) is 4.07. The Bertz CT molecular complexity index is 323. The predicted molar refractivity (Wildman–Crippen MR) is 61.9 cm³/mol. The lowest BCUT2D eigenvalue weighted by molar-refractivity contribution is 0.297. The van der Waals surface area contributed by atoms with Gasteiger partial charge in [-0.2, -0.15) is 0 Å². The first-order valence-corrected chi connectivity index (χ1v) is 5.17. The van der Waals surface area contributed by atoms with E-state index in [9.17, 15) is 0 Å². The average Bonchev–Trinajstić information content (AvgIpc) is 2.41. The van der Waals surface area contributed by atoms with Gasteiger partial charge >= 0.3 is 0 Å². The van der Waals surface area contributed by atoms with Crippen LogP contribution in [0.15, 0.2) is 18.2 Å². The number of fused-ring (bicyclic) bond motifs is 1. The monoisotopic (exact) mass is 203 g/mol. The third kappa shape index (κ3) is 2.68. The Morgan fingerprint density at radius 3 is 2.40 bits per heavy atom. The van der Waals surface area contributed by atoms with Crippen molar-refractivity contribution in [1.29, 1.82) is 0 Å². The van der Waals surface area contributed by atoms with Crippen molar-refractivity contribution in [3.8, 4) is 11.5 Å². The largest absolute Gasteiger partial charge is 0.490 e. The summed E-state index contributed by atoms with van der Waals surface area (Å²) in [4.78, 5) is 0. The number of ether oxygens (including phenoxy) is 2. The van der Waals surface area contributed by atoms with Gasteiger partial charge in [0.25, 0.3) is 0 Å². The topological polar surface area (TPSA) is 18.5 Å². The van der Waals surface area contributed by atoms with E-state index < -0.39 is 0 Å². The van der Waals surface area contributed by atoms with Crippen LogP contribution < -0.4 is 9.47 Å². The van der Waals surface area contributed by atoms with Gasteiger partial charge in [-0.1, -0.05) is 19.9 Å². The lowest BCUT2D eigenvalue weighted by Crippen LogP contribution is -1.97. The molecule has 1 aliphatic heterocycles. The van der Waals surface area contributed by atoms with Crippen molar-refractivity contribution in [3.63, 3.8) is 0 Å². The fourth-order valence-electron chi connectivity index (χ4n) is 1.54. The van der Waals surface area contributed by atoms with Crippen molar-refractivity contribution < 1.29 is 9.47 Å². The Morgan fingerprint density at radius 2 is 1.73 bits per heavy atom. The Hall–Kier alpha value is -1.12. The van der Waals surface area contributed by atoms with Crippen molar-refractivity contribution in [2.24, 2.45) is 0 Å². The fourth-order valence-corrected chi connectivity index (χ4v) is 1.54. The summed E-state index contributed by atoms with van der Waals surface area (Å²) in [5.74, 6) is 2.31. The first-order chi connectivity index (χ1) is 6.77. The highest BCUT2D eigenvalue weighted by molar-refractivity contribution is 5.75. The van der Waals surface area contributed by atoms with Crippen LogP contribution >= 0.6 is 0 Å². The first kappa shape index (κ1) is 12.0. The number of hydrogen-bond acceptors (Lipinski definition) is 2. The van der Waals surface area contributed by atoms with Gasteiger partial charge in [0, 0.05) is 14.8 Å². The summed E-state index contributed by atoms with van der Waals surface area (Å²) in [6.45, 7) is 5.88. The van der Waals surface area contributed by atoms with Crippen LogP contribution in [0.1, 0.15) is 31.7 Å². The molecule has 0 saturated carbocycles. The van der Waals surface area contributed by atoms with Crippen LogP contribution in [-0.4, -0.2) is 21.6 Å². The minimum absolute atomic E-state index is 0. The standard InChI is InChI=1S/C12H16O2.B/c1-9(2)10-4-5-11-12(8-10)14-7-3-6-13-11;/h4-5,8-9H,3,6-7H2,1-2H3;. The molecule has 79 valence electrons. The molecule has 0 spiro atoms. The molecular weight excluding hydrogens is 187 g/mol. The normalized spacial score (nSPS) is 14.3. The molecule has 2 nitrogen and oxygen atoms in total. The van der Waals surface area contributed by atoms with Crippen LogP contribution in [0.25, 0.3) is 0 Å². The molecule has 1 aliphatic rings. The van der Waals surface area contributed by atoms with Crippen LogP contribution in [0, 0.1) is 0 Å². The van der Waals surface area contributed by atoms with Crippen LogP contribution in [0.5, 0.6) is 11.5 Å². The van der Waals surface area contributed by atoms with Crippen molar-refractivity contribution in [3.05, 3.63) is 23.8 Å². The first-order valence-electron chi connectivity index (χ1n) is 5.17. The molecule has 15 heavy (non-hydrogen) atoms. The van der Waals surface area contributed by atoms with Crippen molar-refractivity contribution in [2.45, 2.75) is 26.2 Å². The van der Waals surface area contributed by atoms with Crippen LogP contribution in [0.3, 0.4) is 0 Å². The molecule has 1 aromatic carbocycles. The molecule has 0 amide bonds. The SMILES string of the molecule is CC(C)c1ccc2c(c1)OCCCO2.[B]. The molecule has 0 aliphatic carbocycles. The zero-order chi connectivity index (χ0) is 9.97. The summed E-state index contributed by atoms with van der Waals surface area (Å²) in [7, 11) is 0. The average molecular weight is 203 g/mol. The van der Waals surface area contributed by atoms with E-state index in [4.69, 9.17) is 9.47 Å². The summed E-state index contributed by atoms with van der Waals surface area (Å²) in [6.07, 6.45) is 0.964. The number of benzene rings is 1. The maximum atomic E-state index is 5.61. The van der Waals surface area contributed by atoms with E-state index in [1.165, 1.54) is 5.56 Å². The minimum atomic E-state index is 0. The van der Waals surface area contributed by atoms with Gasteiger partial charge in [0.1, 0.15) is 0 Å². The minimum Gasteiger partial charge on any atom is -0.490 e. The molecule has 0 bridgehead atoms. The van der Waals surface area contributed by atoms with Gasteiger partial charge in [-0.05, 0) is 23.6 Å². The Morgan fingerprint density at radius 1 is 1.07 bits per heavy atom. The molecule has 3 heteroatoms. The molecule has 0 aromatic heterocycles. The van der Waals surface area contributed by atoms with E-state index >= 15 is 0 Å². The lowest BCUT2D eigenvalue weighted by atomic mass is 10.0. The maximum absolute atomic E-state index is 5.61. The molecule has 1 aromatic rings. The van der Waals surface area contributed by atoms with Gasteiger partial charge < -0.3 is 9.47 Å². The van der Waals surface area contributed by atoms with Crippen LogP contribution in [-0.2, 0) is 0 Å². The van der Waals surface area contributed by atoms with Gasteiger partial charge in [-0.3, -0.25) is 0 Å². The number of rotatable bonds is 1. The summed E-state index contributed by atoms with van der Waals surface area (Å²) < 4.78 is 11.2. The summed E-state index contributed by atoms with van der Waals surface area (Å²) in [6, 6.07) is 6.21. The Labute approximate surface area is 93.2 Å². The summed E-state index contributed by atoms with van der Waals surface area (Å²) in [5.41, 5.74) is 1.30. The summed E-state index contributed by atoms with van der Waals surface area (Å²) in [5, 5.41) is 0. The highest BCUT2D eigenvalue weighted by Crippen LogP contribution is 2.32. The van der Waals surface area contributed by atoms with E-state index in [-0.39, 0.29) is 8.41 Å². The second kappa shape index (κ2) is 5.10. The van der Waals surface area contributed by atoms with Crippen molar-refractivity contribution >= 4 is 8.41 Å². The van der Waals surface area contributed by atoms with Gasteiger partial charge in [-0.15, -0.1) is 0 Å². The van der Waals surface area contributed by atoms with Gasteiger partial charge in [-0.25, -0.2) is 0 Å². The second-order valence-corrected chi connectivity index (χ2v) is 3.91. The molecule has 0 unspecified atom stereocenters. The number of hydrogen-bond donors (Lipinski definition) is 0. The lowest BCUT2D eigenvalue weighted by Gasteiger charge is -2.10. The van der Waals surface area contributed by atoms with E-state index in [1.54, 1.807) is 0 Å². The van der Waals surface area contributed by atoms with Gasteiger partial charge in [0.15, 0.2) is 11.5 Å². The van der Waals surface area contributed by atoms with E-state index in [1.807, 2.05) is 6.07 Å². The Balaban J connectivity index is 0.00000112. The molecule has 0 N–H and O–H groups in total. The molecule has 2 rings (SSSR count). The molecule has 0 fully saturated rings. The molecule has 3 radical (unpaired) electrons. The van der Waals surface area contributed by atoms with E-state index in [0.29, 0.717) is 5.92 Å². The maximum Gasteiger partial charge on any atom is 0.161 e. The van der Waals surface area contributed by atoms with E-state index in [2.05, 4.69) is 26.0 Å². The summed E-state index contributed by atoms with van der Waals surface area (Å²) >= 11 is 0. The van der Waals surface area contributed by atoms with Crippen molar-refractivity contribution in [1.82, 2.24) is 0 Å². The molecular formula is C12H16BO2.